The summed E-state index contributed by atoms with van der Waals surface area (Å²) < 4.78 is 0. The summed E-state index contributed by atoms with van der Waals surface area (Å²) >= 11 is 0. The van der Waals surface area contributed by atoms with E-state index < -0.39 is 0 Å². The van der Waals surface area contributed by atoms with Gasteiger partial charge >= 0.3 is 0 Å². The van der Waals surface area contributed by atoms with Gasteiger partial charge in [0.2, 0.25) is 5.91 Å². The van der Waals surface area contributed by atoms with E-state index in [0.717, 1.165) is 27.9 Å². The van der Waals surface area contributed by atoms with Crippen molar-refractivity contribution >= 4 is 11.6 Å². The van der Waals surface area contributed by atoms with Crippen LogP contribution in [0.5, 0.6) is 0 Å². The van der Waals surface area contributed by atoms with Crippen molar-refractivity contribution in [2.75, 3.05) is 5.32 Å². The standard InChI is InChI=1S/C27H23NO/c29-27(28-26-19-11-10-18-24(26)21-12-4-1-5-13-21)20-25(22-14-6-2-7-15-22)23-16-8-3-9-17-23/h1-19,25H,20H2,(H,28,29). The largest absolute Gasteiger partial charge is 0.325 e. The van der Waals surface area contributed by atoms with Gasteiger partial charge in [-0.2, -0.15) is 0 Å². The van der Waals surface area contributed by atoms with Crippen molar-refractivity contribution in [1.29, 1.82) is 0 Å². The van der Waals surface area contributed by atoms with Crippen molar-refractivity contribution < 1.29 is 4.79 Å². The smallest absolute Gasteiger partial charge is 0.225 e. The molecule has 0 saturated carbocycles. The second-order valence-corrected chi connectivity index (χ2v) is 7.04. The second kappa shape index (κ2) is 9.03. The van der Waals surface area contributed by atoms with E-state index in [2.05, 4.69) is 41.7 Å². The highest BCUT2D eigenvalue weighted by atomic mass is 16.1. The molecule has 0 bridgehead atoms. The average molecular weight is 377 g/mol. The van der Waals surface area contributed by atoms with Crippen molar-refractivity contribution in [1.82, 2.24) is 0 Å². The van der Waals surface area contributed by atoms with Crippen molar-refractivity contribution in [2.45, 2.75) is 12.3 Å². The first-order chi connectivity index (χ1) is 14.3. The van der Waals surface area contributed by atoms with Gasteiger partial charge in [-0.3, -0.25) is 4.79 Å². The molecule has 0 radical (unpaired) electrons. The molecule has 0 heterocycles. The summed E-state index contributed by atoms with van der Waals surface area (Å²) in [6.07, 6.45) is 0.386. The summed E-state index contributed by atoms with van der Waals surface area (Å²) in [5, 5.41) is 3.14. The molecule has 0 aliphatic heterocycles. The Balaban J connectivity index is 1.59. The molecule has 0 saturated heterocycles. The number of nitrogens with one attached hydrogen (secondary N) is 1. The number of hydrogen-bond donors (Lipinski definition) is 1. The van der Waals surface area contributed by atoms with E-state index >= 15 is 0 Å². The molecule has 1 amide bonds. The first-order valence-corrected chi connectivity index (χ1v) is 9.85. The molecule has 0 aliphatic carbocycles. The summed E-state index contributed by atoms with van der Waals surface area (Å²) in [6.45, 7) is 0. The highest BCUT2D eigenvalue weighted by Gasteiger charge is 2.19. The second-order valence-electron chi connectivity index (χ2n) is 7.04. The molecule has 0 spiro atoms. The van der Waals surface area contributed by atoms with Crippen LogP contribution in [-0.2, 0) is 4.79 Å². The topological polar surface area (TPSA) is 29.1 Å². The third-order valence-electron chi connectivity index (χ3n) is 5.08. The predicted octanol–water partition coefficient (Wildman–Crippen LogP) is 6.51. The molecule has 142 valence electrons. The monoisotopic (exact) mass is 377 g/mol. The fourth-order valence-corrected chi connectivity index (χ4v) is 3.65. The maximum atomic E-state index is 13.0. The van der Waals surface area contributed by atoms with Crippen LogP contribution in [-0.4, -0.2) is 5.91 Å². The minimum atomic E-state index is 0.00564. The van der Waals surface area contributed by atoms with E-state index in [1.807, 2.05) is 78.9 Å². The molecule has 4 aromatic rings. The van der Waals surface area contributed by atoms with E-state index in [-0.39, 0.29) is 11.8 Å². The Kier molecular flexibility index (Phi) is 5.82. The van der Waals surface area contributed by atoms with Gasteiger partial charge < -0.3 is 5.32 Å². The average Bonchev–Trinajstić information content (AvgIpc) is 2.79. The lowest BCUT2D eigenvalue weighted by atomic mass is 9.88. The number of carbonyl (C=O) groups is 1. The van der Waals surface area contributed by atoms with Crippen LogP contribution in [0, 0.1) is 0 Å². The van der Waals surface area contributed by atoms with Crippen LogP contribution in [0.15, 0.2) is 115 Å². The van der Waals surface area contributed by atoms with Crippen molar-refractivity contribution in [2.24, 2.45) is 0 Å². The molecule has 0 unspecified atom stereocenters. The molecule has 2 heteroatoms. The number of carbonyl (C=O) groups excluding carboxylic acids is 1. The summed E-state index contributed by atoms with van der Waals surface area (Å²) in [6, 6.07) is 38.5. The molecule has 2 nitrogen and oxygen atoms in total. The number of para-hydroxylation sites is 1. The zero-order valence-electron chi connectivity index (χ0n) is 16.2. The molecule has 1 N–H and O–H groups in total. The van der Waals surface area contributed by atoms with Crippen LogP contribution >= 0.6 is 0 Å². The molecule has 4 aromatic carbocycles. The lowest BCUT2D eigenvalue weighted by Gasteiger charge is -2.19. The summed E-state index contributed by atoms with van der Waals surface area (Å²) in [4.78, 5) is 13.0. The molecule has 29 heavy (non-hydrogen) atoms. The molecule has 0 fully saturated rings. The number of amides is 1. The first-order valence-electron chi connectivity index (χ1n) is 9.85. The van der Waals surface area contributed by atoms with Gasteiger partial charge in [-0.15, -0.1) is 0 Å². The predicted molar refractivity (Wildman–Crippen MR) is 120 cm³/mol. The van der Waals surface area contributed by atoms with E-state index in [0.29, 0.717) is 6.42 Å². The quantitative estimate of drug-likeness (QED) is 0.407. The fourth-order valence-electron chi connectivity index (χ4n) is 3.65. The van der Waals surface area contributed by atoms with Gasteiger partial charge in [0.05, 0.1) is 0 Å². The van der Waals surface area contributed by atoms with Crippen LogP contribution in [0.1, 0.15) is 23.5 Å². The highest BCUT2D eigenvalue weighted by molar-refractivity contribution is 5.96. The number of hydrogen-bond acceptors (Lipinski definition) is 1. The summed E-state index contributed by atoms with van der Waals surface area (Å²) in [5.41, 5.74) is 5.24. The van der Waals surface area contributed by atoms with Crippen LogP contribution in [0.2, 0.25) is 0 Å². The SMILES string of the molecule is O=C(CC(c1ccccc1)c1ccccc1)Nc1ccccc1-c1ccccc1. The Labute approximate surface area is 171 Å². The zero-order chi connectivity index (χ0) is 19.9. The third kappa shape index (κ3) is 4.61. The molecule has 4 rings (SSSR count). The van der Waals surface area contributed by atoms with Gasteiger partial charge in [0, 0.05) is 23.6 Å². The van der Waals surface area contributed by atoms with E-state index in [4.69, 9.17) is 0 Å². The third-order valence-corrected chi connectivity index (χ3v) is 5.08. The van der Waals surface area contributed by atoms with Gasteiger partial charge in [-0.1, -0.05) is 109 Å². The Hall–Kier alpha value is -3.65. The van der Waals surface area contributed by atoms with Gasteiger partial charge in [0.1, 0.15) is 0 Å². The Morgan fingerprint density at radius 1 is 0.621 bits per heavy atom. The van der Waals surface area contributed by atoms with Crippen molar-refractivity contribution in [3.05, 3.63) is 126 Å². The normalized spacial score (nSPS) is 10.7. The maximum Gasteiger partial charge on any atom is 0.225 e. The highest BCUT2D eigenvalue weighted by Crippen LogP contribution is 2.31. The van der Waals surface area contributed by atoms with Crippen LogP contribution in [0.3, 0.4) is 0 Å². The summed E-state index contributed by atoms with van der Waals surface area (Å²) in [5.74, 6) is 0.0207. The maximum absolute atomic E-state index is 13.0. The van der Waals surface area contributed by atoms with E-state index in [9.17, 15) is 4.79 Å². The molecular weight excluding hydrogens is 354 g/mol. The van der Waals surface area contributed by atoms with Crippen LogP contribution in [0.4, 0.5) is 5.69 Å². The van der Waals surface area contributed by atoms with Crippen molar-refractivity contribution in [3.8, 4) is 11.1 Å². The Morgan fingerprint density at radius 2 is 1.10 bits per heavy atom. The number of rotatable bonds is 6. The van der Waals surface area contributed by atoms with Crippen LogP contribution < -0.4 is 5.32 Å². The van der Waals surface area contributed by atoms with Crippen LogP contribution in [0.25, 0.3) is 11.1 Å². The molecule has 0 aromatic heterocycles. The van der Waals surface area contributed by atoms with Gasteiger partial charge in [0.25, 0.3) is 0 Å². The Bertz CT molecular complexity index is 1020. The molecule has 0 atom stereocenters. The van der Waals surface area contributed by atoms with Gasteiger partial charge in [-0.05, 0) is 22.8 Å². The lowest BCUT2D eigenvalue weighted by Crippen LogP contribution is -2.17. The van der Waals surface area contributed by atoms with E-state index in [1.165, 1.54) is 0 Å². The van der Waals surface area contributed by atoms with Gasteiger partial charge in [-0.25, -0.2) is 0 Å². The van der Waals surface area contributed by atoms with Gasteiger partial charge in [0.15, 0.2) is 0 Å². The minimum Gasteiger partial charge on any atom is -0.325 e. The molecular formula is C27H23NO. The number of anilines is 1. The molecule has 0 aliphatic rings. The summed E-state index contributed by atoms with van der Waals surface area (Å²) in [7, 11) is 0. The zero-order valence-corrected chi connectivity index (χ0v) is 16.2. The Morgan fingerprint density at radius 3 is 1.69 bits per heavy atom. The van der Waals surface area contributed by atoms with E-state index in [1.54, 1.807) is 0 Å². The van der Waals surface area contributed by atoms with Crippen molar-refractivity contribution in [3.63, 3.8) is 0 Å². The fraction of sp³-hybridized carbons (Fsp3) is 0.0741. The number of benzene rings is 4. The first kappa shape index (κ1) is 18.7. The lowest BCUT2D eigenvalue weighted by molar-refractivity contribution is -0.116. The minimum absolute atomic E-state index is 0.00564.